The first-order valence-corrected chi connectivity index (χ1v) is 8.81. The molecule has 23 heavy (non-hydrogen) atoms. The molecule has 0 heterocycles. The highest BCUT2D eigenvalue weighted by molar-refractivity contribution is 9.10. The number of ether oxygens (including phenoxy) is 1. The molecule has 0 radical (unpaired) electrons. The Balaban J connectivity index is 1.66. The van der Waals surface area contributed by atoms with Crippen molar-refractivity contribution >= 4 is 45.3 Å². The van der Waals surface area contributed by atoms with E-state index in [9.17, 15) is 9.59 Å². The van der Waals surface area contributed by atoms with Crippen LogP contribution in [0.25, 0.3) is 0 Å². The summed E-state index contributed by atoms with van der Waals surface area (Å²) in [6.07, 6.45) is 0.266. The molecule has 4 nitrogen and oxygen atoms in total. The number of carbonyl (C=O) groups is 2. The van der Waals surface area contributed by atoms with Gasteiger partial charge in [0.15, 0.2) is 6.61 Å². The van der Waals surface area contributed by atoms with Crippen molar-refractivity contribution in [1.82, 2.24) is 0 Å². The standard InChI is InChI=1S/C17H16BrNO3S/c18-14-8-4-5-9-15(14)19-16(20)12-22-17(21)10-11-23-13-6-2-1-3-7-13/h1-9H,10-12H2,(H,19,20). The van der Waals surface area contributed by atoms with E-state index in [2.05, 4.69) is 21.2 Å². The summed E-state index contributed by atoms with van der Waals surface area (Å²) in [4.78, 5) is 24.5. The predicted molar refractivity (Wildman–Crippen MR) is 95.5 cm³/mol. The molecule has 0 saturated heterocycles. The molecule has 0 bridgehead atoms. The van der Waals surface area contributed by atoms with E-state index in [4.69, 9.17) is 4.74 Å². The van der Waals surface area contributed by atoms with Gasteiger partial charge in [0, 0.05) is 15.1 Å². The van der Waals surface area contributed by atoms with Crippen molar-refractivity contribution in [2.75, 3.05) is 17.7 Å². The number of anilines is 1. The summed E-state index contributed by atoms with van der Waals surface area (Å²) in [5.74, 6) is -0.119. The van der Waals surface area contributed by atoms with E-state index in [0.717, 1.165) is 9.37 Å². The van der Waals surface area contributed by atoms with Gasteiger partial charge in [-0.1, -0.05) is 30.3 Å². The van der Waals surface area contributed by atoms with Gasteiger partial charge in [-0.15, -0.1) is 11.8 Å². The number of nitrogens with one attached hydrogen (secondary N) is 1. The van der Waals surface area contributed by atoms with E-state index >= 15 is 0 Å². The summed E-state index contributed by atoms with van der Waals surface area (Å²) in [7, 11) is 0. The Kier molecular flexibility index (Phi) is 7.16. The average Bonchev–Trinajstić information content (AvgIpc) is 2.56. The van der Waals surface area contributed by atoms with Crippen molar-refractivity contribution in [3.63, 3.8) is 0 Å². The molecular weight excluding hydrogens is 378 g/mol. The smallest absolute Gasteiger partial charge is 0.307 e. The van der Waals surface area contributed by atoms with Gasteiger partial charge < -0.3 is 10.1 Å². The van der Waals surface area contributed by atoms with E-state index < -0.39 is 0 Å². The summed E-state index contributed by atoms with van der Waals surface area (Å²) >= 11 is 4.92. The van der Waals surface area contributed by atoms with Gasteiger partial charge in [-0.2, -0.15) is 0 Å². The minimum absolute atomic E-state index is 0.266. The van der Waals surface area contributed by atoms with E-state index in [0.29, 0.717) is 11.4 Å². The Morgan fingerprint density at radius 2 is 1.74 bits per heavy atom. The lowest BCUT2D eigenvalue weighted by Gasteiger charge is -2.08. The molecule has 2 aromatic rings. The maximum absolute atomic E-state index is 11.8. The first kappa shape index (κ1) is 17.6. The van der Waals surface area contributed by atoms with E-state index in [1.165, 1.54) is 0 Å². The van der Waals surface area contributed by atoms with Crippen LogP contribution in [0, 0.1) is 0 Å². The summed E-state index contributed by atoms with van der Waals surface area (Å²) < 4.78 is 5.75. The molecule has 0 aliphatic carbocycles. The van der Waals surface area contributed by atoms with Crippen LogP contribution >= 0.6 is 27.7 Å². The number of carbonyl (C=O) groups excluding carboxylic acids is 2. The first-order chi connectivity index (χ1) is 11.1. The number of amides is 1. The molecule has 0 unspecified atom stereocenters. The van der Waals surface area contributed by atoms with Crippen LogP contribution in [-0.2, 0) is 14.3 Å². The zero-order valence-electron chi connectivity index (χ0n) is 12.3. The third-order valence-electron chi connectivity index (χ3n) is 2.83. The molecule has 120 valence electrons. The molecule has 2 aromatic carbocycles. The summed E-state index contributed by atoms with van der Waals surface area (Å²) in [5, 5.41) is 2.68. The molecule has 0 saturated carbocycles. The van der Waals surface area contributed by atoms with Gasteiger partial charge in [-0.3, -0.25) is 9.59 Å². The van der Waals surface area contributed by atoms with Gasteiger partial charge in [-0.05, 0) is 40.2 Å². The lowest BCUT2D eigenvalue weighted by molar-refractivity contribution is -0.146. The minimum Gasteiger partial charge on any atom is -0.456 e. The molecule has 0 fully saturated rings. The Hall–Kier alpha value is -1.79. The van der Waals surface area contributed by atoms with Crippen LogP contribution in [0.2, 0.25) is 0 Å². The second kappa shape index (κ2) is 9.37. The van der Waals surface area contributed by atoms with Crippen molar-refractivity contribution in [2.45, 2.75) is 11.3 Å². The molecule has 0 aliphatic rings. The number of thioether (sulfide) groups is 1. The number of halogens is 1. The summed E-state index contributed by atoms with van der Waals surface area (Å²) in [6.45, 7) is -0.282. The Labute approximate surface area is 147 Å². The number of rotatable bonds is 7. The Morgan fingerprint density at radius 3 is 2.48 bits per heavy atom. The van der Waals surface area contributed by atoms with Gasteiger partial charge in [0.1, 0.15) is 0 Å². The number of hydrogen-bond acceptors (Lipinski definition) is 4. The molecule has 1 amide bonds. The molecule has 0 aliphatic heterocycles. The zero-order chi connectivity index (χ0) is 16.5. The maximum atomic E-state index is 11.8. The van der Waals surface area contributed by atoms with Crippen LogP contribution in [-0.4, -0.2) is 24.2 Å². The predicted octanol–water partition coefficient (Wildman–Crippen LogP) is 4.11. The SMILES string of the molecule is O=C(COC(=O)CCSc1ccccc1)Nc1ccccc1Br. The van der Waals surface area contributed by atoms with Crippen LogP contribution in [0.4, 0.5) is 5.69 Å². The van der Waals surface area contributed by atoms with Crippen LogP contribution in [0.3, 0.4) is 0 Å². The molecule has 0 aromatic heterocycles. The van der Waals surface area contributed by atoms with E-state index in [-0.39, 0.29) is 24.9 Å². The fourth-order valence-electron chi connectivity index (χ4n) is 1.74. The number of benzene rings is 2. The van der Waals surface area contributed by atoms with Gasteiger partial charge in [0.05, 0.1) is 12.1 Å². The molecule has 0 atom stereocenters. The fraction of sp³-hybridized carbons (Fsp3) is 0.176. The van der Waals surface area contributed by atoms with Crippen LogP contribution in [0.5, 0.6) is 0 Å². The van der Waals surface area contributed by atoms with Crippen LogP contribution in [0.1, 0.15) is 6.42 Å². The molecule has 2 rings (SSSR count). The highest BCUT2D eigenvalue weighted by Crippen LogP contribution is 2.21. The largest absolute Gasteiger partial charge is 0.456 e. The third-order valence-corrected chi connectivity index (χ3v) is 4.54. The van der Waals surface area contributed by atoms with E-state index in [1.54, 1.807) is 17.8 Å². The van der Waals surface area contributed by atoms with Gasteiger partial charge in [0.25, 0.3) is 5.91 Å². The Bertz CT molecular complexity index is 664. The highest BCUT2D eigenvalue weighted by Gasteiger charge is 2.09. The van der Waals surface area contributed by atoms with Crippen molar-refractivity contribution in [1.29, 1.82) is 0 Å². The van der Waals surface area contributed by atoms with Crippen LogP contribution < -0.4 is 5.32 Å². The van der Waals surface area contributed by atoms with Gasteiger partial charge in [0.2, 0.25) is 0 Å². The van der Waals surface area contributed by atoms with Gasteiger partial charge >= 0.3 is 5.97 Å². The topological polar surface area (TPSA) is 55.4 Å². The van der Waals surface area contributed by atoms with Crippen molar-refractivity contribution in [2.24, 2.45) is 0 Å². The quantitative estimate of drug-likeness (QED) is 0.567. The molecule has 6 heteroatoms. The van der Waals surface area contributed by atoms with Crippen molar-refractivity contribution in [3.05, 3.63) is 59.1 Å². The number of esters is 1. The minimum atomic E-state index is -0.379. The second-order valence-corrected chi connectivity index (χ2v) is 6.62. The second-order valence-electron chi connectivity index (χ2n) is 4.60. The molecular formula is C17H16BrNO3S. The zero-order valence-corrected chi connectivity index (χ0v) is 14.7. The average molecular weight is 394 g/mol. The monoisotopic (exact) mass is 393 g/mol. The lowest BCUT2D eigenvalue weighted by Crippen LogP contribution is -2.21. The highest BCUT2D eigenvalue weighted by atomic mass is 79.9. The first-order valence-electron chi connectivity index (χ1n) is 7.03. The molecule has 0 spiro atoms. The normalized spacial score (nSPS) is 10.1. The maximum Gasteiger partial charge on any atom is 0.307 e. The number of hydrogen-bond donors (Lipinski definition) is 1. The van der Waals surface area contributed by atoms with Crippen molar-refractivity contribution < 1.29 is 14.3 Å². The Morgan fingerprint density at radius 1 is 1.04 bits per heavy atom. The fourth-order valence-corrected chi connectivity index (χ4v) is 2.97. The number of para-hydroxylation sites is 1. The molecule has 1 N–H and O–H groups in total. The third kappa shape index (κ3) is 6.46. The van der Waals surface area contributed by atoms with Gasteiger partial charge in [-0.25, -0.2) is 0 Å². The lowest BCUT2D eigenvalue weighted by atomic mass is 10.3. The van der Waals surface area contributed by atoms with E-state index in [1.807, 2.05) is 48.5 Å². The summed E-state index contributed by atoms with van der Waals surface area (Å²) in [5.41, 5.74) is 0.646. The van der Waals surface area contributed by atoms with Crippen LogP contribution in [0.15, 0.2) is 64.0 Å². The summed E-state index contributed by atoms with van der Waals surface area (Å²) in [6, 6.07) is 17.1. The van der Waals surface area contributed by atoms with Crippen molar-refractivity contribution in [3.8, 4) is 0 Å².